The lowest BCUT2D eigenvalue weighted by molar-refractivity contribution is -0.389. The van der Waals surface area contributed by atoms with Gasteiger partial charge in [0.05, 0.1) is 10.8 Å². The summed E-state index contributed by atoms with van der Waals surface area (Å²) in [5.41, 5.74) is 1.05. The van der Waals surface area contributed by atoms with Crippen LogP contribution in [0, 0.1) is 22.9 Å². The van der Waals surface area contributed by atoms with E-state index in [0.29, 0.717) is 11.3 Å². The molecule has 0 radical (unpaired) electrons. The molecule has 1 N–H and O–H groups in total. The molecular weight excluding hydrogens is 383 g/mol. The molecule has 0 atom stereocenters. The summed E-state index contributed by atoms with van der Waals surface area (Å²) < 4.78 is 19.0. The van der Waals surface area contributed by atoms with Gasteiger partial charge >= 0.3 is 17.6 Å². The van der Waals surface area contributed by atoms with Gasteiger partial charge in [0.15, 0.2) is 10.8 Å². The second kappa shape index (κ2) is 7.50. The number of nitrogens with one attached hydrogen (secondary N) is 1. The van der Waals surface area contributed by atoms with Crippen LogP contribution in [0.1, 0.15) is 27.8 Å². The van der Waals surface area contributed by atoms with Crippen LogP contribution in [0.5, 0.6) is 0 Å². The number of aromatic nitrogens is 4. The van der Waals surface area contributed by atoms with Crippen molar-refractivity contribution in [2.24, 2.45) is 0 Å². The highest BCUT2D eigenvalue weighted by Gasteiger charge is 2.25. The molecular formula is C15H12ClFN6O4. The van der Waals surface area contributed by atoms with Crippen molar-refractivity contribution in [3.63, 3.8) is 0 Å². The van der Waals surface area contributed by atoms with E-state index in [1.807, 2.05) is 0 Å². The molecule has 0 unspecified atom stereocenters. The van der Waals surface area contributed by atoms with Gasteiger partial charge in [0.1, 0.15) is 12.4 Å². The molecule has 2 heterocycles. The zero-order chi connectivity index (χ0) is 19.6. The number of benzene rings is 1. The van der Waals surface area contributed by atoms with E-state index >= 15 is 0 Å². The van der Waals surface area contributed by atoms with Crippen molar-refractivity contribution in [2.75, 3.05) is 0 Å². The van der Waals surface area contributed by atoms with Gasteiger partial charge in [-0.2, -0.15) is 9.67 Å². The lowest BCUT2D eigenvalue weighted by Gasteiger charge is -2.01. The Hall–Kier alpha value is -3.34. The number of amides is 1. The van der Waals surface area contributed by atoms with Crippen molar-refractivity contribution in [2.45, 2.75) is 20.0 Å². The second-order valence-electron chi connectivity index (χ2n) is 5.46. The molecule has 10 nitrogen and oxygen atoms in total. The highest BCUT2D eigenvalue weighted by atomic mass is 35.5. The summed E-state index contributed by atoms with van der Waals surface area (Å²) in [4.78, 5) is 26.1. The molecule has 0 fully saturated rings. The Morgan fingerprint density at radius 1 is 1.41 bits per heavy atom. The van der Waals surface area contributed by atoms with E-state index in [1.54, 1.807) is 6.92 Å². The van der Waals surface area contributed by atoms with Crippen molar-refractivity contribution >= 4 is 23.3 Å². The maximum absolute atomic E-state index is 12.9. The molecule has 0 aliphatic heterocycles. The predicted molar refractivity (Wildman–Crippen MR) is 89.6 cm³/mol. The van der Waals surface area contributed by atoms with E-state index in [9.17, 15) is 19.3 Å². The zero-order valence-corrected chi connectivity index (χ0v) is 14.6. The maximum atomic E-state index is 12.9. The maximum Gasteiger partial charge on any atom is 0.408 e. The summed E-state index contributed by atoms with van der Waals surface area (Å²) in [6.07, 6.45) is 0. The van der Waals surface area contributed by atoms with Crippen LogP contribution < -0.4 is 5.32 Å². The number of nitrogens with zero attached hydrogens (tertiary/aromatic N) is 5. The van der Waals surface area contributed by atoms with Gasteiger partial charge in [-0.15, -0.1) is 0 Å². The number of hydrogen-bond donors (Lipinski definition) is 1. The van der Waals surface area contributed by atoms with Crippen LogP contribution >= 0.6 is 11.6 Å². The fourth-order valence-electron chi connectivity index (χ4n) is 2.18. The molecule has 2 aromatic heterocycles. The summed E-state index contributed by atoms with van der Waals surface area (Å²) in [7, 11) is 0. The molecule has 0 saturated carbocycles. The summed E-state index contributed by atoms with van der Waals surface area (Å²) in [6.45, 7) is 1.64. The fourth-order valence-corrected chi connectivity index (χ4v) is 2.39. The molecule has 0 aliphatic rings. The molecule has 140 valence electrons. The van der Waals surface area contributed by atoms with Crippen molar-refractivity contribution in [3.8, 4) is 0 Å². The summed E-state index contributed by atoms with van der Waals surface area (Å²) >= 11 is 5.86. The first-order valence-electron chi connectivity index (χ1n) is 7.57. The van der Waals surface area contributed by atoms with E-state index < -0.39 is 16.6 Å². The van der Waals surface area contributed by atoms with E-state index in [4.69, 9.17) is 16.1 Å². The molecule has 27 heavy (non-hydrogen) atoms. The van der Waals surface area contributed by atoms with Gasteiger partial charge in [0.25, 0.3) is 0 Å². The quantitative estimate of drug-likeness (QED) is 0.501. The van der Waals surface area contributed by atoms with Crippen LogP contribution in [0.4, 0.5) is 10.2 Å². The molecule has 0 bridgehead atoms. The van der Waals surface area contributed by atoms with Crippen molar-refractivity contribution in [3.05, 3.63) is 68.2 Å². The number of rotatable bonds is 6. The third-order valence-corrected chi connectivity index (χ3v) is 4.05. The molecule has 12 heteroatoms. The largest absolute Gasteiger partial charge is 0.408 e. The molecule has 1 aromatic carbocycles. The van der Waals surface area contributed by atoms with Crippen molar-refractivity contribution in [1.29, 1.82) is 0 Å². The second-order valence-corrected chi connectivity index (χ2v) is 5.84. The van der Waals surface area contributed by atoms with Crippen LogP contribution in [0.15, 0.2) is 28.8 Å². The minimum atomic E-state index is -0.698. The Morgan fingerprint density at radius 3 is 2.74 bits per heavy atom. The van der Waals surface area contributed by atoms with Gasteiger partial charge in [-0.25, -0.2) is 4.39 Å². The predicted octanol–water partition coefficient (Wildman–Crippen LogP) is 2.25. The first-order chi connectivity index (χ1) is 12.8. The van der Waals surface area contributed by atoms with Gasteiger partial charge in [-0.1, -0.05) is 28.9 Å². The summed E-state index contributed by atoms with van der Waals surface area (Å²) in [5.74, 6) is -1.65. The minimum Gasteiger partial charge on any atom is -0.358 e. The van der Waals surface area contributed by atoms with E-state index in [0.717, 1.165) is 0 Å². The number of carbonyl (C=O) groups is 1. The molecule has 3 aromatic rings. The van der Waals surface area contributed by atoms with Crippen LogP contribution in [0.2, 0.25) is 5.02 Å². The first-order valence-corrected chi connectivity index (χ1v) is 7.95. The Bertz CT molecular complexity index is 1000. The highest BCUT2D eigenvalue weighted by molar-refractivity contribution is 6.33. The molecule has 0 saturated heterocycles. The normalized spacial score (nSPS) is 10.8. The van der Waals surface area contributed by atoms with Crippen LogP contribution in [0.25, 0.3) is 0 Å². The SMILES string of the molecule is Cc1c(Cl)c([N+](=O)[O-])nn1Cc1noc(C(=O)NCc2ccc(F)cc2)n1. The standard InChI is InChI=1S/C15H12ClFN6O4/c1-8-12(16)13(23(25)26)20-22(8)7-11-19-15(27-21-11)14(24)18-6-9-2-4-10(17)5-3-9/h2-5H,6-7H2,1H3,(H,18,24). The van der Waals surface area contributed by atoms with E-state index in [2.05, 4.69) is 20.6 Å². The van der Waals surface area contributed by atoms with Gasteiger partial charge in [-0.3, -0.25) is 4.79 Å². The lowest BCUT2D eigenvalue weighted by atomic mass is 10.2. The van der Waals surface area contributed by atoms with Crippen LogP contribution in [0.3, 0.4) is 0 Å². The van der Waals surface area contributed by atoms with Gasteiger partial charge in [-0.05, 0) is 29.5 Å². The Kier molecular flexibility index (Phi) is 5.12. The number of halogens is 2. The molecule has 0 spiro atoms. The first kappa shape index (κ1) is 18.5. The topological polar surface area (TPSA) is 129 Å². The monoisotopic (exact) mass is 394 g/mol. The number of nitro groups is 1. The zero-order valence-electron chi connectivity index (χ0n) is 13.8. The summed E-state index contributed by atoms with van der Waals surface area (Å²) in [5, 5.41) is 20.8. The van der Waals surface area contributed by atoms with Gasteiger partial charge < -0.3 is 20.0 Å². The number of carbonyl (C=O) groups excluding carboxylic acids is 1. The van der Waals surface area contributed by atoms with Gasteiger partial charge in [0, 0.05) is 6.54 Å². The third-order valence-electron chi connectivity index (χ3n) is 3.61. The van der Waals surface area contributed by atoms with Gasteiger partial charge in [0.2, 0.25) is 0 Å². The molecule has 0 aliphatic carbocycles. The molecule has 1 amide bonds. The fraction of sp³-hybridized carbons (Fsp3) is 0.200. The Labute approximate surface area is 156 Å². The van der Waals surface area contributed by atoms with Crippen LogP contribution in [-0.2, 0) is 13.1 Å². The van der Waals surface area contributed by atoms with E-state index in [1.165, 1.54) is 28.9 Å². The Morgan fingerprint density at radius 2 is 2.11 bits per heavy atom. The molecule has 3 rings (SSSR count). The average Bonchev–Trinajstić information content (AvgIpc) is 3.21. The highest BCUT2D eigenvalue weighted by Crippen LogP contribution is 2.26. The minimum absolute atomic E-state index is 0.0614. The van der Waals surface area contributed by atoms with E-state index in [-0.39, 0.29) is 35.6 Å². The Balaban J connectivity index is 1.66. The smallest absolute Gasteiger partial charge is 0.358 e. The van der Waals surface area contributed by atoms with Crippen LogP contribution in [-0.4, -0.2) is 30.8 Å². The number of hydrogen-bond acceptors (Lipinski definition) is 7. The third kappa shape index (κ3) is 4.08. The average molecular weight is 395 g/mol. The lowest BCUT2D eigenvalue weighted by Crippen LogP contribution is -2.23. The van der Waals surface area contributed by atoms with Crippen molar-refractivity contribution in [1.82, 2.24) is 25.2 Å². The summed E-state index contributed by atoms with van der Waals surface area (Å²) in [6, 6.07) is 5.63. The van der Waals surface area contributed by atoms with Crippen molar-refractivity contribution < 1.29 is 18.6 Å².